The fraction of sp³-hybridized carbons (Fsp3) is 0.273. The van der Waals surface area contributed by atoms with Crippen molar-refractivity contribution < 1.29 is 4.39 Å². The van der Waals surface area contributed by atoms with Gasteiger partial charge in [0.25, 0.3) is 0 Å². The van der Waals surface area contributed by atoms with E-state index in [1.54, 1.807) is 31.3 Å². The Balaban J connectivity index is 1.72. The Kier molecular flexibility index (Phi) is 5.60. The second kappa shape index (κ2) is 8.20. The number of tetrazole rings is 1. The van der Waals surface area contributed by atoms with Crippen molar-refractivity contribution in [3.8, 4) is 22.5 Å². The summed E-state index contributed by atoms with van der Waals surface area (Å²) in [6.07, 6.45) is 5.10. The lowest BCUT2D eigenvalue weighted by molar-refractivity contribution is 0.350. The van der Waals surface area contributed by atoms with Crippen LogP contribution in [0, 0.1) is 0 Å². The first-order valence-electron chi connectivity index (χ1n) is 9.77. The van der Waals surface area contributed by atoms with Crippen LogP contribution in [-0.4, -0.2) is 55.2 Å². The first-order valence-corrected chi connectivity index (χ1v) is 10.1. The standard InChI is InChI=1S/C22H23ClFN7/c1-22(23)10-4-5-18(19(22)24)31-21(27-28-29-31)17-11-16(12-26-20(17)25)15-8-6-14(7-9-15)13-30(2)3/h4-12,19H,13H2,1-3H3,(H2,25,26). The Bertz CT molecular complexity index is 1150. The van der Waals surface area contributed by atoms with Crippen LogP contribution in [0.5, 0.6) is 0 Å². The summed E-state index contributed by atoms with van der Waals surface area (Å²) in [6.45, 7) is 2.46. The molecule has 9 heteroatoms. The number of aromatic nitrogens is 5. The molecule has 2 unspecified atom stereocenters. The van der Waals surface area contributed by atoms with E-state index in [1.165, 1.54) is 10.2 Å². The van der Waals surface area contributed by atoms with E-state index >= 15 is 4.39 Å². The maximum absolute atomic E-state index is 15.0. The van der Waals surface area contributed by atoms with E-state index in [0.29, 0.717) is 11.4 Å². The zero-order valence-corrected chi connectivity index (χ0v) is 18.3. The second-order valence-electron chi connectivity index (χ2n) is 7.97. The first kappa shape index (κ1) is 21.1. The van der Waals surface area contributed by atoms with E-state index < -0.39 is 11.0 Å². The smallest absolute Gasteiger partial charge is 0.190 e. The molecular formula is C22H23ClFN7. The summed E-state index contributed by atoms with van der Waals surface area (Å²) in [5.74, 6) is 0.549. The number of allylic oxidation sites excluding steroid dienone is 4. The largest absolute Gasteiger partial charge is 0.383 e. The quantitative estimate of drug-likeness (QED) is 0.609. The van der Waals surface area contributed by atoms with Crippen molar-refractivity contribution >= 4 is 23.1 Å². The molecule has 0 aliphatic heterocycles. The molecule has 31 heavy (non-hydrogen) atoms. The van der Waals surface area contributed by atoms with Crippen LogP contribution in [0.3, 0.4) is 0 Å². The number of pyridine rings is 1. The van der Waals surface area contributed by atoms with Crippen molar-refractivity contribution in [2.45, 2.75) is 24.5 Å². The Morgan fingerprint density at radius 1 is 1.23 bits per heavy atom. The third-order valence-electron chi connectivity index (χ3n) is 5.10. The lowest BCUT2D eigenvalue weighted by Crippen LogP contribution is -2.33. The molecule has 0 amide bonds. The van der Waals surface area contributed by atoms with E-state index in [9.17, 15) is 0 Å². The summed E-state index contributed by atoms with van der Waals surface area (Å²) in [6, 6.07) is 10.1. The Morgan fingerprint density at radius 2 is 1.97 bits per heavy atom. The lowest BCUT2D eigenvalue weighted by Gasteiger charge is -2.27. The van der Waals surface area contributed by atoms with Crippen LogP contribution in [0.25, 0.3) is 28.2 Å². The number of nitrogen functional groups attached to an aromatic ring is 1. The maximum atomic E-state index is 15.0. The highest BCUT2D eigenvalue weighted by Crippen LogP contribution is 2.36. The van der Waals surface area contributed by atoms with Gasteiger partial charge in [-0.3, -0.25) is 0 Å². The monoisotopic (exact) mass is 439 g/mol. The number of alkyl halides is 2. The van der Waals surface area contributed by atoms with Crippen molar-refractivity contribution in [2.75, 3.05) is 19.8 Å². The lowest BCUT2D eigenvalue weighted by atomic mass is 9.97. The van der Waals surface area contributed by atoms with Gasteiger partial charge < -0.3 is 10.6 Å². The van der Waals surface area contributed by atoms with Crippen LogP contribution < -0.4 is 5.73 Å². The van der Waals surface area contributed by atoms with E-state index in [0.717, 1.165) is 17.7 Å². The molecule has 1 aliphatic carbocycles. The van der Waals surface area contributed by atoms with Gasteiger partial charge in [-0.1, -0.05) is 36.4 Å². The van der Waals surface area contributed by atoms with Crippen LogP contribution in [0.2, 0.25) is 0 Å². The molecule has 0 radical (unpaired) electrons. The van der Waals surface area contributed by atoms with E-state index in [-0.39, 0.29) is 11.5 Å². The van der Waals surface area contributed by atoms with Crippen LogP contribution in [0.1, 0.15) is 12.5 Å². The summed E-state index contributed by atoms with van der Waals surface area (Å²) in [5, 5.41) is 11.8. The number of nitrogens with two attached hydrogens (primary N) is 1. The van der Waals surface area contributed by atoms with Crippen LogP contribution in [0.15, 0.2) is 54.8 Å². The Morgan fingerprint density at radius 3 is 2.68 bits per heavy atom. The molecule has 2 atom stereocenters. The molecule has 0 bridgehead atoms. The van der Waals surface area contributed by atoms with Gasteiger partial charge in [0.05, 0.1) is 16.1 Å². The fourth-order valence-corrected chi connectivity index (χ4v) is 3.66. The van der Waals surface area contributed by atoms with Gasteiger partial charge in [0.15, 0.2) is 12.0 Å². The fourth-order valence-electron chi connectivity index (χ4n) is 3.48. The maximum Gasteiger partial charge on any atom is 0.190 e. The summed E-state index contributed by atoms with van der Waals surface area (Å²) >= 11 is 6.29. The molecule has 4 rings (SSSR count). The molecule has 0 fully saturated rings. The van der Waals surface area contributed by atoms with Gasteiger partial charge in [-0.15, -0.1) is 16.7 Å². The second-order valence-corrected chi connectivity index (χ2v) is 8.78. The number of anilines is 1. The number of hydrogen-bond donors (Lipinski definition) is 1. The van der Waals surface area contributed by atoms with Gasteiger partial charge in [0.2, 0.25) is 0 Å². The van der Waals surface area contributed by atoms with Crippen molar-refractivity contribution in [2.24, 2.45) is 0 Å². The molecule has 2 heterocycles. The molecule has 7 nitrogen and oxygen atoms in total. The summed E-state index contributed by atoms with van der Waals surface area (Å²) in [5.41, 5.74) is 9.93. The van der Waals surface area contributed by atoms with Crippen molar-refractivity contribution in [1.82, 2.24) is 30.1 Å². The van der Waals surface area contributed by atoms with Gasteiger partial charge in [-0.25, -0.2) is 9.37 Å². The van der Waals surface area contributed by atoms with Gasteiger partial charge in [-0.2, -0.15) is 4.68 Å². The third-order valence-corrected chi connectivity index (χ3v) is 5.42. The SMILES string of the molecule is CN(C)Cc1ccc(-c2cnc(N)c(-c3nnnn3C3=CC=CC(C)(Cl)C3F)c2)cc1. The van der Waals surface area contributed by atoms with Crippen molar-refractivity contribution in [3.63, 3.8) is 0 Å². The highest BCUT2D eigenvalue weighted by molar-refractivity contribution is 6.26. The third kappa shape index (κ3) is 4.22. The van der Waals surface area contributed by atoms with Crippen LogP contribution >= 0.6 is 11.6 Å². The van der Waals surface area contributed by atoms with E-state index in [1.807, 2.05) is 32.3 Å². The van der Waals surface area contributed by atoms with E-state index in [4.69, 9.17) is 17.3 Å². The summed E-state index contributed by atoms with van der Waals surface area (Å²) in [7, 11) is 4.06. The van der Waals surface area contributed by atoms with Gasteiger partial charge >= 0.3 is 0 Å². The molecule has 2 N–H and O–H groups in total. The summed E-state index contributed by atoms with van der Waals surface area (Å²) < 4.78 is 16.4. The molecule has 0 saturated carbocycles. The number of nitrogens with zero attached hydrogens (tertiary/aromatic N) is 6. The van der Waals surface area contributed by atoms with Gasteiger partial charge in [0.1, 0.15) is 5.82 Å². The number of halogens is 2. The van der Waals surface area contributed by atoms with Crippen LogP contribution in [-0.2, 0) is 6.54 Å². The molecular weight excluding hydrogens is 417 g/mol. The average molecular weight is 440 g/mol. The minimum Gasteiger partial charge on any atom is -0.383 e. The highest BCUT2D eigenvalue weighted by Gasteiger charge is 2.37. The predicted molar refractivity (Wildman–Crippen MR) is 121 cm³/mol. The zero-order chi connectivity index (χ0) is 22.2. The first-order chi connectivity index (χ1) is 14.8. The van der Waals surface area contributed by atoms with E-state index in [2.05, 4.69) is 37.5 Å². The zero-order valence-electron chi connectivity index (χ0n) is 17.5. The minimum atomic E-state index is -1.50. The summed E-state index contributed by atoms with van der Waals surface area (Å²) in [4.78, 5) is 5.24. The molecule has 2 aromatic heterocycles. The molecule has 3 aromatic rings. The predicted octanol–water partition coefficient (Wildman–Crippen LogP) is 3.79. The normalized spacial score (nSPS) is 20.8. The van der Waals surface area contributed by atoms with Crippen LogP contribution in [0.4, 0.5) is 10.2 Å². The number of hydrogen-bond acceptors (Lipinski definition) is 6. The highest BCUT2D eigenvalue weighted by atomic mass is 35.5. The Hall–Kier alpha value is -3.10. The molecule has 1 aromatic carbocycles. The molecule has 1 aliphatic rings. The van der Waals surface area contributed by atoms with Gasteiger partial charge in [0, 0.05) is 18.3 Å². The number of benzene rings is 1. The molecule has 160 valence electrons. The average Bonchev–Trinajstić information content (AvgIpc) is 3.20. The number of rotatable bonds is 5. The van der Waals surface area contributed by atoms with Crippen molar-refractivity contribution in [3.05, 3.63) is 60.3 Å². The topological polar surface area (TPSA) is 85.8 Å². The Labute approximate surface area is 185 Å². The van der Waals surface area contributed by atoms with Gasteiger partial charge in [-0.05, 0) is 54.7 Å². The van der Waals surface area contributed by atoms with Crippen molar-refractivity contribution in [1.29, 1.82) is 0 Å². The molecule has 0 saturated heterocycles. The molecule has 0 spiro atoms. The minimum absolute atomic E-state index is 0.234.